The third-order valence-corrected chi connectivity index (χ3v) is 6.88. The summed E-state index contributed by atoms with van der Waals surface area (Å²) in [6, 6.07) is 11.9. The predicted octanol–water partition coefficient (Wildman–Crippen LogP) is 5.49. The summed E-state index contributed by atoms with van der Waals surface area (Å²) in [6.07, 6.45) is 2.89. The molecule has 1 aliphatic heterocycles. The highest BCUT2D eigenvalue weighted by Gasteiger charge is 2.31. The van der Waals surface area contributed by atoms with Gasteiger partial charge in [0.25, 0.3) is 0 Å². The molecule has 0 spiro atoms. The Morgan fingerprint density at radius 2 is 2.00 bits per heavy atom. The van der Waals surface area contributed by atoms with Gasteiger partial charge in [0.1, 0.15) is 18.1 Å². The summed E-state index contributed by atoms with van der Waals surface area (Å²) in [5.41, 5.74) is 1.42. The summed E-state index contributed by atoms with van der Waals surface area (Å²) in [7, 11) is 0. The molecule has 182 valence electrons. The molecule has 5 rings (SSSR count). The second-order valence-electron chi connectivity index (χ2n) is 8.92. The summed E-state index contributed by atoms with van der Waals surface area (Å²) >= 11 is 6.29. The number of allylic oxidation sites excluding steroid dienone is 1. The lowest BCUT2D eigenvalue weighted by Gasteiger charge is -2.34. The number of ether oxygens (including phenoxy) is 2. The minimum absolute atomic E-state index is 0.0704. The van der Waals surface area contributed by atoms with Gasteiger partial charge in [0.05, 0.1) is 34.4 Å². The van der Waals surface area contributed by atoms with Crippen LogP contribution in [0.4, 0.5) is 5.69 Å². The highest BCUT2D eigenvalue weighted by Crippen LogP contribution is 2.37. The van der Waals surface area contributed by atoms with Crippen LogP contribution in [0.1, 0.15) is 25.7 Å². The van der Waals surface area contributed by atoms with Crippen LogP contribution in [0, 0.1) is 5.92 Å². The van der Waals surface area contributed by atoms with Crippen LogP contribution in [-0.2, 0) is 9.53 Å². The van der Waals surface area contributed by atoms with E-state index < -0.39 is 0 Å². The molecule has 2 aromatic carbocycles. The quantitative estimate of drug-likeness (QED) is 0.328. The lowest BCUT2D eigenvalue weighted by atomic mass is 9.81. The van der Waals surface area contributed by atoms with Gasteiger partial charge in [-0.15, -0.1) is 0 Å². The van der Waals surface area contributed by atoms with Crippen molar-refractivity contribution in [2.45, 2.75) is 31.8 Å². The maximum Gasteiger partial charge on any atom is 0.227 e. The Bertz CT molecular complexity index is 1340. The summed E-state index contributed by atoms with van der Waals surface area (Å²) in [5, 5.41) is 10.2. The molecule has 0 atom stereocenters. The average molecular weight is 496 g/mol. The van der Waals surface area contributed by atoms with Gasteiger partial charge < -0.3 is 23.9 Å². The van der Waals surface area contributed by atoms with Crippen molar-refractivity contribution >= 4 is 34.2 Å². The Balaban J connectivity index is 1.40. The minimum atomic E-state index is -0.207. The smallest absolute Gasteiger partial charge is 0.227 e. The van der Waals surface area contributed by atoms with E-state index in [4.69, 9.17) is 25.5 Å². The van der Waals surface area contributed by atoms with E-state index in [0.29, 0.717) is 52.6 Å². The zero-order chi connectivity index (χ0) is 24.5. The molecule has 1 aliphatic carbocycles. The molecule has 0 radical (unpaired) electrons. The van der Waals surface area contributed by atoms with Crippen LogP contribution in [-0.4, -0.2) is 36.9 Å². The number of hydrogen-bond donors (Lipinski definition) is 1. The molecule has 2 aliphatic rings. The van der Waals surface area contributed by atoms with Crippen molar-refractivity contribution in [3.05, 3.63) is 70.0 Å². The number of aliphatic hydroxyl groups is 1. The van der Waals surface area contributed by atoms with Gasteiger partial charge in [-0.05, 0) is 43.5 Å². The molecule has 1 saturated heterocycles. The third-order valence-electron chi connectivity index (χ3n) is 6.58. The van der Waals surface area contributed by atoms with Gasteiger partial charge in [-0.2, -0.15) is 0 Å². The molecular formula is C27H26ClNO6. The number of halogens is 1. The number of aliphatic hydroxyl groups excluding tert-OH is 1. The fourth-order valence-electron chi connectivity index (χ4n) is 4.54. The maximum absolute atomic E-state index is 12.7. The number of amides is 1. The van der Waals surface area contributed by atoms with Gasteiger partial charge in [-0.3, -0.25) is 9.59 Å². The summed E-state index contributed by atoms with van der Waals surface area (Å²) in [6.45, 7) is 4.85. The van der Waals surface area contributed by atoms with Crippen molar-refractivity contribution in [2.24, 2.45) is 5.92 Å². The largest absolute Gasteiger partial charge is 0.513 e. The summed E-state index contributed by atoms with van der Waals surface area (Å²) < 4.78 is 17.9. The van der Waals surface area contributed by atoms with E-state index in [2.05, 4.69) is 6.58 Å². The SMILES string of the molecule is C=C(O)C1CC(OCCOc2cc(N3CCCC3=O)ccc2-c2cc(=O)c3cccc(Cl)c3o2)C1. The molecule has 7 nitrogen and oxygen atoms in total. The van der Waals surface area contributed by atoms with Crippen molar-refractivity contribution in [3.63, 3.8) is 0 Å². The van der Waals surface area contributed by atoms with E-state index in [1.807, 2.05) is 6.07 Å². The first-order valence-electron chi connectivity index (χ1n) is 11.7. The van der Waals surface area contributed by atoms with Crippen molar-refractivity contribution in [2.75, 3.05) is 24.7 Å². The first-order valence-corrected chi connectivity index (χ1v) is 12.1. The van der Waals surface area contributed by atoms with Gasteiger partial charge in [0.15, 0.2) is 11.0 Å². The van der Waals surface area contributed by atoms with Gasteiger partial charge in [-0.1, -0.05) is 24.2 Å². The third kappa shape index (κ3) is 4.79. The fraction of sp³-hybridized carbons (Fsp3) is 0.333. The molecule has 2 heterocycles. The van der Waals surface area contributed by atoms with E-state index in [1.165, 1.54) is 6.07 Å². The number of hydrogen-bond acceptors (Lipinski definition) is 6. The standard InChI is InChI=1S/C27H26ClNO6/c1-16(30)17-12-19(13-17)33-10-11-34-24-14-18(29-9-3-6-26(29)32)7-8-21(24)25-15-23(31)20-4-2-5-22(28)27(20)35-25/h2,4-5,7-8,14-15,17,19,30H,1,3,6,9-13H2. The summed E-state index contributed by atoms with van der Waals surface area (Å²) in [4.78, 5) is 26.8. The highest BCUT2D eigenvalue weighted by atomic mass is 35.5. The number of carbonyl (C=O) groups excluding carboxylic acids is 1. The van der Waals surface area contributed by atoms with Crippen LogP contribution in [0.3, 0.4) is 0 Å². The van der Waals surface area contributed by atoms with E-state index in [0.717, 1.165) is 24.9 Å². The van der Waals surface area contributed by atoms with Gasteiger partial charge in [0, 0.05) is 36.7 Å². The number of nitrogens with zero attached hydrogens (tertiary/aromatic N) is 1. The number of benzene rings is 2. The summed E-state index contributed by atoms with van der Waals surface area (Å²) in [5.74, 6) is 1.19. The Kier molecular flexibility index (Phi) is 6.54. The van der Waals surface area contributed by atoms with Gasteiger partial charge >= 0.3 is 0 Å². The topological polar surface area (TPSA) is 89.2 Å². The van der Waals surface area contributed by atoms with Crippen molar-refractivity contribution in [3.8, 4) is 17.1 Å². The highest BCUT2D eigenvalue weighted by molar-refractivity contribution is 6.34. The fourth-order valence-corrected chi connectivity index (χ4v) is 4.75. The normalized spacial score (nSPS) is 19.7. The van der Waals surface area contributed by atoms with E-state index >= 15 is 0 Å². The molecule has 8 heteroatoms. The number of rotatable bonds is 8. The average Bonchev–Trinajstić information content (AvgIpc) is 3.23. The molecule has 1 saturated carbocycles. The molecule has 1 amide bonds. The lowest BCUT2D eigenvalue weighted by molar-refractivity contribution is -0.117. The number of carbonyl (C=O) groups is 1. The molecule has 3 aromatic rings. The van der Waals surface area contributed by atoms with Crippen molar-refractivity contribution in [1.82, 2.24) is 0 Å². The molecule has 35 heavy (non-hydrogen) atoms. The predicted molar refractivity (Wildman–Crippen MR) is 134 cm³/mol. The Hall–Kier alpha value is -3.29. The van der Waals surface area contributed by atoms with Crippen LogP contribution < -0.4 is 15.1 Å². The number of anilines is 1. The molecule has 1 aromatic heterocycles. The van der Waals surface area contributed by atoms with Crippen LogP contribution in [0.5, 0.6) is 5.75 Å². The molecular weight excluding hydrogens is 470 g/mol. The second kappa shape index (κ2) is 9.76. The van der Waals surface area contributed by atoms with Gasteiger partial charge in [-0.25, -0.2) is 0 Å². The molecule has 1 N–H and O–H groups in total. The first-order chi connectivity index (χ1) is 16.9. The van der Waals surface area contributed by atoms with Crippen LogP contribution in [0.2, 0.25) is 5.02 Å². The van der Waals surface area contributed by atoms with E-state index in [-0.39, 0.29) is 35.7 Å². The molecule has 2 fully saturated rings. The minimum Gasteiger partial charge on any atom is -0.513 e. The zero-order valence-corrected chi connectivity index (χ0v) is 19.9. The zero-order valence-electron chi connectivity index (χ0n) is 19.2. The van der Waals surface area contributed by atoms with Crippen LogP contribution >= 0.6 is 11.6 Å². The van der Waals surface area contributed by atoms with Crippen LogP contribution in [0.25, 0.3) is 22.3 Å². The van der Waals surface area contributed by atoms with Crippen LogP contribution in [0.15, 0.2) is 64.0 Å². The maximum atomic E-state index is 12.7. The number of para-hydroxylation sites is 1. The molecule has 0 bridgehead atoms. The van der Waals surface area contributed by atoms with E-state index in [1.54, 1.807) is 35.2 Å². The van der Waals surface area contributed by atoms with E-state index in [9.17, 15) is 14.7 Å². The Morgan fingerprint density at radius 3 is 2.74 bits per heavy atom. The number of fused-ring (bicyclic) bond motifs is 1. The van der Waals surface area contributed by atoms with Crippen molar-refractivity contribution in [1.29, 1.82) is 0 Å². The lowest BCUT2D eigenvalue weighted by Crippen LogP contribution is -2.33. The van der Waals surface area contributed by atoms with Gasteiger partial charge in [0.2, 0.25) is 5.91 Å². The Labute approximate surface area is 207 Å². The molecule has 0 unspecified atom stereocenters. The van der Waals surface area contributed by atoms with Crippen molar-refractivity contribution < 1.29 is 23.8 Å². The monoisotopic (exact) mass is 495 g/mol. The second-order valence-corrected chi connectivity index (χ2v) is 9.33. The Morgan fingerprint density at radius 1 is 1.17 bits per heavy atom. The first kappa shape index (κ1) is 23.5.